The molecule has 25 heteroatoms. The summed E-state index contributed by atoms with van der Waals surface area (Å²) in [5.74, 6) is 4.72. The molecule has 0 heterocycles. The van der Waals surface area contributed by atoms with Crippen molar-refractivity contribution in [2.45, 2.75) is 202 Å². The van der Waals surface area contributed by atoms with Crippen LogP contribution in [0.5, 0.6) is 46.0 Å². The van der Waals surface area contributed by atoms with Gasteiger partial charge in [-0.1, -0.05) is 199 Å². The molecule has 0 aliphatic rings. The predicted octanol–water partition coefficient (Wildman–Crippen LogP) is 19.5. The Morgan fingerprint density at radius 3 is 1.28 bits per heavy atom. The molecule has 1 unspecified atom stereocenters. The van der Waals surface area contributed by atoms with Crippen LogP contribution in [0.15, 0.2) is 200 Å². The van der Waals surface area contributed by atoms with E-state index in [1.807, 2.05) is 89.6 Å². The van der Waals surface area contributed by atoms with Crippen LogP contribution < -0.4 is 59.6 Å². The number of hydrogen-bond acceptors (Lipinski definition) is 23. The highest BCUT2D eigenvalue weighted by Crippen LogP contribution is 2.48. The van der Waals surface area contributed by atoms with E-state index in [4.69, 9.17) is 58.0 Å². The van der Waals surface area contributed by atoms with Crippen LogP contribution in [0.2, 0.25) is 38.3 Å². The third-order valence-corrected chi connectivity index (χ3v) is 32.4. The lowest BCUT2D eigenvalue weighted by Crippen LogP contribution is -2.44. The Labute approximate surface area is 824 Å². The fourth-order valence-electron chi connectivity index (χ4n) is 17.3. The molecular formula is C113H158N4O19Si2. The number of rotatable bonds is 39. The lowest BCUT2D eigenvalue weighted by atomic mass is 9.74. The number of aryl methyl sites for hydroxylation is 4. The minimum atomic E-state index is -1.43. The summed E-state index contributed by atoms with van der Waals surface area (Å²) in [6.07, 6.45) is 2.49. The third kappa shape index (κ3) is 31.9. The molecule has 0 radical (unpaired) electrons. The van der Waals surface area contributed by atoms with E-state index in [2.05, 4.69) is 199 Å². The number of aliphatic hydroxyl groups excluding tert-OH is 8. The Hall–Kier alpha value is -10.8. The highest BCUT2D eigenvalue weighted by atomic mass is 28.4. The van der Waals surface area contributed by atoms with Gasteiger partial charge in [-0.25, -0.2) is 0 Å². The Kier molecular flexibility index (Phi) is 49.2. The maximum atomic E-state index is 12.6. The van der Waals surface area contributed by atoms with Crippen LogP contribution in [0, 0.1) is 27.7 Å². The van der Waals surface area contributed by atoms with Crippen LogP contribution in [0.4, 0.5) is 5.69 Å². The van der Waals surface area contributed by atoms with Gasteiger partial charge < -0.3 is 109 Å². The zero-order valence-corrected chi connectivity index (χ0v) is 88.9. The van der Waals surface area contributed by atoms with Crippen molar-refractivity contribution in [1.82, 2.24) is 10.6 Å². The summed E-state index contributed by atoms with van der Waals surface area (Å²) in [5, 5.41) is 86.3. The minimum absolute atomic E-state index is 0.00417. The van der Waals surface area contributed by atoms with Crippen molar-refractivity contribution in [3.8, 4) is 46.0 Å². The van der Waals surface area contributed by atoms with Crippen LogP contribution >= 0.6 is 0 Å². The first-order valence-corrected chi connectivity index (χ1v) is 52.9. The highest BCUT2D eigenvalue weighted by molar-refractivity contribution is 6.84. The molecule has 0 spiro atoms. The van der Waals surface area contributed by atoms with Crippen molar-refractivity contribution in [3.63, 3.8) is 0 Å². The average Bonchev–Trinajstić information content (AvgIpc) is 1.68. The van der Waals surface area contributed by atoms with Gasteiger partial charge in [0.2, 0.25) is 0 Å². The summed E-state index contributed by atoms with van der Waals surface area (Å²) in [5.41, 5.74) is 28.2. The van der Waals surface area contributed by atoms with Crippen molar-refractivity contribution < 1.29 is 92.4 Å². The number of ether oxygens (including phenoxy) is 9. The molecule has 0 saturated heterocycles. The van der Waals surface area contributed by atoms with E-state index in [0.717, 1.165) is 80.5 Å². The van der Waals surface area contributed by atoms with E-state index in [1.54, 1.807) is 91.2 Å². The van der Waals surface area contributed by atoms with Crippen LogP contribution in [-0.2, 0) is 84.5 Å². The summed E-state index contributed by atoms with van der Waals surface area (Å²) in [6, 6.07) is 67.4. The van der Waals surface area contributed by atoms with Crippen LogP contribution in [0.3, 0.4) is 0 Å². The monoisotopic (exact) mass is 1930 g/mol. The number of anilines is 1. The van der Waals surface area contributed by atoms with Gasteiger partial charge in [0, 0.05) is 88.9 Å². The number of benzene rings is 11. The summed E-state index contributed by atoms with van der Waals surface area (Å²) in [4.78, 5) is 12.6. The molecule has 23 nitrogen and oxygen atoms in total. The number of carbonyl (C=O) groups is 1. The number of aliphatic hydroxyl groups is 8. The van der Waals surface area contributed by atoms with Crippen molar-refractivity contribution in [3.05, 3.63) is 334 Å². The molecule has 138 heavy (non-hydrogen) atoms. The highest BCUT2D eigenvalue weighted by Gasteiger charge is 2.36. The molecule has 11 aromatic carbocycles. The summed E-state index contributed by atoms with van der Waals surface area (Å²) < 4.78 is 54.0. The van der Waals surface area contributed by atoms with E-state index in [-0.39, 0.29) is 75.4 Å². The van der Waals surface area contributed by atoms with Crippen LogP contribution in [-0.4, -0.2) is 169 Å². The molecule has 0 amide bonds. The minimum Gasteiger partial charge on any atom is -0.497 e. The van der Waals surface area contributed by atoms with Gasteiger partial charge in [0.1, 0.15) is 23.0 Å². The average molecular weight is 1930 g/mol. The molecule has 1 atom stereocenters. The van der Waals surface area contributed by atoms with E-state index in [9.17, 15) is 35.4 Å². The number of nitrogens with one attached hydrogen (secondary N) is 3. The normalized spacial score (nSPS) is 11.4. The molecule has 0 aromatic heterocycles. The Morgan fingerprint density at radius 1 is 0.384 bits per heavy atom. The fourth-order valence-corrected chi connectivity index (χ4v) is 26.2. The number of hydrogen-bond donors (Lipinski definition) is 12. The smallest absolute Gasteiger partial charge is 0.193 e. The standard InChI is InChI=1S/C25H28O2.C21H28O6.C19H26N2O2.C17H18O5.C17H20O2.C12H32N2OSi2.C2H6O/c1-16-11-18(3)23(21(13-16)15-26)25(20-9-7-6-8-10-20)24-19(4)12-17(2)14-22(24)27-5;1-21(2,16-8-9-18(25-3)20(27-5)15(16)12-24)17-7-6-13(10-22)14(11-23)19(17)26-4;1-19(2,15-6-5-13(12-22)14(9-15)11-20)16-7-8-18(23-4)17(10-16)21-3;1-21-15-8-7-13(14(10-19)17(15)22-2)16(20)12-5-3-11(9-18)4-6-12;1-17(2,14-6-4-13(12-18)5-7-14)15-8-10-16(19-3)11-9-15;1-13-9-7-11-16(3,4)15-17(5,6)12-8-10-14-2;1-3-2/h6-14,25-26H,15H2,1-5H3;6-9,22-24H,10-12H2,1-5H3;5-10,21-22H,11-12,20H2,1-4H3;3-8,18-19H,9-10H2,1-2H3;4-11,18H,12H2,1-3H3;13-14H,7-12H2,1-6H3;1-2H3. The molecule has 0 fully saturated rings. The van der Waals surface area contributed by atoms with Gasteiger partial charge in [0.05, 0.1) is 115 Å². The quantitative estimate of drug-likeness (QED) is 0.00737. The third-order valence-electron chi connectivity index (χ3n) is 24.8. The zero-order valence-electron chi connectivity index (χ0n) is 86.9. The van der Waals surface area contributed by atoms with Gasteiger partial charge in [0.25, 0.3) is 0 Å². The van der Waals surface area contributed by atoms with Gasteiger partial charge in [-0.05, 0) is 244 Å². The van der Waals surface area contributed by atoms with Crippen molar-refractivity contribution in [2.75, 3.05) is 111 Å². The van der Waals surface area contributed by atoms with Gasteiger partial charge in [0.15, 0.2) is 45.4 Å². The largest absolute Gasteiger partial charge is 0.497 e. The van der Waals surface area contributed by atoms with Gasteiger partial charge in [-0.3, -0.25) is 4.79 Å². The molecule has 752 valence electrons. The maximum absolute atomic E-state index is 12.6. The first-order chi connectivity index (χ1) is 65.8. The van der Waals surface area contributed by atoms with E-state index < -0.39 is 22.0 Å². The predicted molar refractivity (Wildman–Crippen MR) is 563 cm³/mol. The number of ketones is 1. The fraction of sp³-hybridized carbons (Fsp3) is 0.407. The SMILES string of the molecule is CNCCC[Si](C)(C)O[Si](C)(C)CCCNC.CNc1cc(C(C)(C)c2ccc(CO)c(CN)c2)ccc1OC.COC.COc1cc(C)cc(C)c1C(c1ccccc1)c1c(C)cc(C)cc1CO.COc1ccc(C(=O)c2ccc(CO)cc2)c(CO)c1OC.COc1ccc(C(C)(C)c2ccc(CO)c(CO)c2OC)c(CO)c1OC.COc1ccc(C(C)(C)c2ccc(CO)cc2)cc1. The molecule has 0 aliphatic heterocycles. The molecule has 0 saturated carbocycles. The number of carbonyl (C=O) groups excluding carboxylic acids is 1. The van der Waals surface area contributed by atoms with Crippen LogP contribution in [0.1, 0.15) is 199 Å². The zero-order chi connectivity index (χ0) is 103. The molecular weight excluding hydrogens is 1770 g/mol. The molecule has 11 rings (SSSR count). The van der Waals surface area contributed by atoms with E-state index >= 15 is 0 Å². The summed E-state index contributed by atoms with van der Waals surface area (Å²) in [6.45, 7) is 32.4. The maximum Gasteiger partial charge on any atom is 0.193 e. The van der Waals surface area contributed by atoms with Crippen LogP contribution in [0.25, 0.3) is 0 Å². The lowest BCUT2D eigenvalue weighted by molar-refractivity contribution is 0.103. The summed E-state index contributed by atoms with van der Waals surface area (Å²) >= 11 is 0. The topological polar surface area (TPSA) is 333 Å². The second-order valence-electron chi connectivity index (χ2n) is 36.5. The Balaban J connectivity index is 0.000000292. The van der Waals surface area contributed by atoms with E-state index in [0.29, 0.717) is 68.7 Å². The second kappa shape index (κ2) is 57.7. The second-order valence-corrected chi connectivity index (χ2v) is 45.4. The van der Waals surface area contributed by atoms with Crippen molar-refractivity contribution in [1.29, 1.82) is 0 Å². The van der Waals surface area contributed by atoms with Gasteiger partial charge in [-0.15, -0.1) is 0 Å². The van der Waals surface area contributed by atoms with Gasteiger partial charge in [-0.2, -0.15) is 0 Å². The van der Waals surface area contributed by atoms with E-state index in [1.165, 1.54) is 109 Å². The Morgan fingerprint density at radius 2 is 0.819 bits per heavy atom. The summed E-state index contributed by atoms with van der Waals surface area (Å²) in [7, 11) is 19.0. The lowest BCUT2D eigenvalue weighted by Gasteiger charge is -2.34. The first-order valence-electron chi connectivity index (χ1n) is 46.6. The molecule has 11 aromatic rings. The van der Waals surface area contributed by atoms with Crippen molar-refractivity contribution >= 4 is 28.1 Å². The number of nitrogens with two attached hydrogens (primary N) is 1. The first kappa shape index (κ1) is 118. The molecule has 0 bridgehead atoms. The number of methoxy groups -OCH3 is 9. The van der Waals surface area contributed by atoms with Crippen molar-refractivity contribution in [2.24, 2.45) is 5.73 Å². The Bertz CT molecular complexity index is 5280. The molecule has 0 aliphatic carbocycles. The molecule has 13 N–H and O–H groups in total. The van der Waals surface area contributed by atoms with Gasteiger partial charge >= 0.3 is 0 Å².